The van der Waals surface area contributed by atoms with E-state index in [4.69, 9.17) is 0 Å². The Morgan fingerprint density at radius 3 is 3.11 bits per heavy atom. The third-order valence-corrected chi connectivity index (χ3v) is 4.02. The normalized spacial score (nSPS) is 20.7. The number of aromatic amines is 1. The number of rotatable bonds is 3. The van der Waals surface area contributed by atoms with Crippen molar-refractivity contribution in [2.45, 2.75) is 45.2 Å². The molecule has 1 N–H and O–H groups in total. The third kappa shape index (κ3) is 2.18. The van der Waals surface area contributed by atoms with Crippen LogP contribution in [0.4, 0.5) is 0 Å². The standard InChI is InChI=1S/C14H20N4O/c1-10(2)17-8-4-5-11(17)9-13-16-15-12-6-3-7-14(19)18(12)13/h3,6-7,10-11,15H,4-5,8-9H2,1-2H3. The predicted octanol–water partition coefficient (Wildman–Crippen LogP) is 1.44. The van der Waals surface area contributed by atoms with E-state index in [2.05, 4.69) is 28.9 Å². The van der Waals surface area contributed by atoms with Crippen LogP contribution in [0, 0.1) is 0 Å². The van der Waals surface area contributed by atoms with Crippen LogP contribution in [0.2, 0.25) is 0 Å². The highest BCUT2D eigenvalue weighted by Gasteiger charge is 2.28. The summed E-state index contributed by atoms with van der Waals surface area (Å²) < 4.78 is 1.69. The minimum absolute atomic E-state index is 0.00431. The molecule has 3 heterocycles. The molecule has 2 aromatic heterocycles. The average Bonchev–Trinajstić information content (AvgIpc) is 2.98. The molecule has 0 bridgehead atoms. The topological polar surface area (TPSA) is 53.4 Å². The van der Waals surface area contributed by atoms with Gasteiger partial charge in [-0.15, -0.1) is 0 Å². The Morgan fingerprint density at radius 2 is 2.32 bits per heavy atom. The van der Waals surface area contributed by atoms with Crippen LogP contribution in [-0.4, -0.2) is 38.1 Å². The van der Waals surface area contributed by atoms with Gasteiger partial charge in [-0.1, -0.05) is 6.07 Å². The zero-order valence-electron chi connectivity index (χ0n) is 11.5. The summed E-state index contributed by atoms with van der Waals surface area (Å²) >= 11 is 0. The molecule has 0 radical (unpaired) electrons. The second-order valence-corrected chi connectivity index (χ2v) is 5.56. The van der Waals surface area contributed by atoms with Gasteiger partial charge in [0.2, 0.25) is 0 Å². The molecule has 0 aliphatic carbocycles. The molecule has 102 valence electrons. The van der Waals surface area contributed by atoms with Crippen molar-refractivity contribution in [3.8, 4) is 0 Å². The van der Waals surface area contributed by atoms with Gasteiger partial charge in [0.05, 0.1) is 0 Å². The molecular formula is C14H20N4O. The second kappa shape index (κ2) is 4.81. The lowest BCUT2D eigenvalue weighted by Crippen LogP contribution is -2.37. The van der Waals surface area contributed by atoms with Gasteiger partial charge < -0.3 is 0 Å². The lowest BCUT2D eigenvalue weighted by molar-refractivity contribution is 0.200. The fourth-order valence-corrected chi connectivity index (χ4v) is 3.12. The summed E-state index contributed by atoms with van der Waals surface area (Å²) in [5, 5.41) is 7.27. The highest BCUT2D eigenvalue weighted by molar-refractivity contribution is 5.37. The SMILES string of the molecule is CC(C)N1CCCC1Cc1n[nH]c2cccc(=O)n12. The van der Waals surface area contributed by atoms with E-state index >= 15 is 0 Å². The van der Waals surface area contributed by atoms with E-state index in [1.54, 1.807) is 16.5 Å². The molecule has 3 rings (SSSR count). The van der Waals surface area contributed by atoms with Gasteiger partial charge in [-0.3, -0.25) is 14.8 Å². The largest absolute Gasteiger partial charge is 0.298 e. The van der Waals surface area contributed by atoms with Gasteiger partial charge in [-0.05, 0) is 39.3 Å². The number of pyridine rings is 1. The first kappa shape index (κ1) is 12.4. The molecule has 0 saturated carbocycles. The van der Waals surface area contributed by atoms with Crippen molar-refractivity contribution in [1.82, 2.24) is 19.5 Å². The van der Waals surface area contributed by atoms with Crippen LogP contribution < -0.4 is 5.56 Å². The Balaban J connectivity index is 1.91. The first-order valence-electron chi connectivity index (χ1n) is 6.97. The smallest absolute Gasteiger partial charge is 0.257 e. The molecule has 1 aliphatic rings. The Labute approximate surface area is 112 Å². The van der Waals surface area contributed by atoms with Crippen LogP contribution in [0.3, 0.4) is 0 Å². The van der Waals surface area contributed by atoms with Crippen LogP contribution in [0.1, 0.15) is 32.5 Å². The van der Waals surface area contributed by atoms with Gasteiger partial charge in [-0.2, -0.15) is 5.10 Å². The summed E-state index contributed by atoms with van der Waals surface area (Å²) in [6.07, 6.45) is 3.26. The fraction of sp³-hybridized carbons (Fsp3) is 0.571. The van der Waals surface area contributed by atoms with Crippen molar-refractivity contribution in [2.24, 2.45) is 0 Å². The van der Waals surface area contributed by atoms with Crippen molar-refractivity contribution < 1.29 is 0 Å². The van der Waals surface area contributed by atoms with E-state index < -0.39 is 0 Å². The molecule has 0 amide bonds. The molecule has 19 heavy (non-hydrogen) atoms. The molecular weight excluding hydrogens is 240 g/mol. The Kier molecular flexibility index (Phi) is 3.14. The summed E-state index contributed by atoms with van der Waals surface area (Å²) in [5.41, 5.74) is 0.770. The fourth-order valence-electron chi connectivity index (χ4n) is 3.12. The Hall–Kier alpha value is -1.62. The maximum atomic E-state index is 11.9. The highest BCUT2D eigenvalue weighted by atomic mass is 16.1. The molecule has 1 saturated heterocycles. The van der Waals surface area contributed by atoms with Gasteiger partial charge in [-0.25, -0.2) is 4.40 Å². The Morgan fingerprint density at radius 1 is 1.47 bits per heavy atom. The van der Waals surface area contributed by atoms with Crippen LogP contribution in [0.15, 0.2) is 23.0 Å². The number of hydrogen-bond donors (Lipinski definition) is 1. The van der Waals surface area contributed by atoms with Gasteiger partial charge in [0.1, 0.15) is 11.5 Å². The number of aromatic nitrogens is 3. The van der Waals surface area contributed by atoms with Gasteiger partial charge >= 0.3 is 0 Å². The van der Waals surface area contributed by atoms with Crippen LogP contribution in [0.5, 0.6) is 0 Å². The second-order valence-electron chi connectivity index (χ2n) is 5.56. The lowest BCUT2D eigenvalue weighted by atomic mass is 10.1. The number of nitrogens with one attached hydrogen (secondary N) is 1. The lowest BCUT2D eigenvalue weighted by Gasteiger charge is -2.27. The number of fused-ring (bicyclic) bond motifs is 1. The Bertz CT molecular complexity index is 628. The summed E-state index contributed by atoms with van der Waals surface area (Å²) in [4.78, 5) is 14.4. The number of H-pyrrole nitrogens is 1. The summed E-state index contributed by atoms with van der Waals surface area (Å²) in [6, 6.07) is 6.27. The zero-order chi connectivity index (χ0) is 13.4. The van der Waals surface area contributed by atoms with Crippen LogP contribution in [-0.2, 0) is 6.42 Å². The molecule has 0 spiro atoms. The summed E-state index contributed by atoms with van der Waals surface area (Å²) in [5.74, 6) is 0.846. The molecule has 5 heteroatoms. The van der Waals surface area contributed by atoms with Crippen molar-refractivity contribution in [2.75, 3.05) is 6.54 Å². The highest BCUT2D eigenvalue weighted by Crippen LogP contribution is 2.22. The van der Waals surface area contributed by atoms with Crippen molar-refractivity contribution in [3.63, 3.8) is 0 Å². The van der Waals surface area contributed by atoms with Crippen LogP contribution >= 0.6 is 0 Å². The van der Waals surface area contributed by atoms with E-state index in [0.717, 1.165) is 24.4 Å². The van der Waals surface area contributed by atoms with E-state index in [1.165, 1.54) is 12.8 Å². The van der Waals surface area contributed by atoms with E-state index in [0.29, 0.717) is 12.1 Å². The number of nitrogens with zero attached hydrogens (tertiary/aromatic N) is 3. The molecule has 1 fully saturated rings. The zero-order valence-corrected chi connectivity index (χ0v) is 11.5. The minimum atomic E-state index is -0.00431. The van der Waals surface area contributed by atoms with Crippen molar-refractivity contribution in [1.29, 1.82) is 0 Å². The number of hydrogen-bond acceptors (Lipinski definition) is 3. The molecule has 2 aromatic rings. The van der Waals surface area contributed by atoms with Crippen molar-refractivity contribution in [3.05, 3.63) is 34.4 Å². The molecule has 1 aliphatic heterocycles. The summed E-state index contributed by atoms with van der Waals surface area (Å²) in [6.45, 7) is 5.61. The first-order valence-corrected chi connectivity index (χ1v) is 6.97. The van der Waals surface area contributed by atoms with Gasteiger partial charge in [0.15, 0.2) is 0 Å². The molecule has 1 atom stereocenters. The average molecular weight is 260 g/mol. The van der Waals surface area contributed by atoms with E-state index in [9.17, 15) is 4.79 Å². The quantitative estimate of drug-likeness (QED) is 0.908. The first-order chi connectivity index (χ1) is 9.16. The van der Waals surface area contributed by atoms with Gasteiger partial charge in [0.25, 0.3) is 5.56 Å². The maximum absolute atomic E-state index is 11.9. The number of likely N-dealkylation sites (tertiary alicyclic amines) is 1. The minimum Gasteiger partial charge on any atom is -0.298 e. The van der Waals surface area contributed by atoms with Crippen molar-refractivity contribution >= 4 is 5.65 Å². The monoisotopic (exact) mass is 260 g/mol. The van der Waals surface area contributed by atoms with E-state index in [1.807, 2.05) is 6.07 Å². The molecule has 5 nitrogen and oxygen atoms in total. The molecule has 1 unspecified atom stereocenters. The predicted molar refractivity (Wildman–Crippen MR) is 74.4 cm³/mol. The maximum Gasteiger partial charge on any atom is 0.257 e. The third-order valence-electron chi connectivity index (χ3n) is 4.02. The molecule has 0 aromatic carbocycles. The van der Waals surface area contributed by atoms with E-state index in [-0.39, 0.29) is 5.56 Å². The van der Waals surface area contributed by atoms with Crippen LogP contribution in [0.25, 0.3) is 5.65 Å². The van der Waals surface area contributed by atoms with Gasteiger partial charge in [0, 0.05) is 24.6 Å². The summed E-state index contributed by atoms with van der Waals surface area (Å²) in [7, 11) is 0.